The second-order valence-corrected chi connectivity index (χ2v) is 8.69. The lowest BCUT2D eigenvalue weighted by molar-refractivity contribution is 0.0942. The summed E-state index contributed by atoms with van der Waals surface area (Å²) in [5, 5.41) is 2.80. The largest absolute Gasteiger partial charge is 0.350 e. The first-order valence-corrected chi connectivity index (χ1v) is 10.7. The van der Waals surface area contributed by atoms with E-state index < -0.39 is 10.0 Å². The molecule has 0 aliphatic carbocycles. The van der Waals surface area contributed by atoms with Gasteiger partial charge in [0.2, 0.25) is 0 Å². The summed E-state index contributed by atoms with van der Waals surface area (Å²) in [6, 6.07) is 12.0. The van der Waals surface area contributed by atoms with Crippen LogP contribution in [0.25, 0.3) is 0 Å². The Morgan fingerprint density at radius 3 is 2.33 bits per heavy atom. The van der Waals surface area contributed by atoms with E-state index in [9.17, 15) is 13.2 Å². The minimum Gasteiger partial charge on any atom is -0.350 e. The molecule has 0 aromatic heterocycles. The Hall–Kier alpha value is -2.34. The lowest BCUT2D eigenvalue weighted by Gasteiger charge is -2.13. The molecule has 0 bridgehead atoms. The molecule has 0 fully saturated rings. The Labute approximate surface area is 162 Å². The third kappa shape index (κ3) is 5.82. The summed E-state index contributed by atoms with van der Waals surface area (Å²) in [6.45, 7) is 7.65. The Balaban J connectivity index is 2.22. The maximum absolute atomic E-state index is 12.7. The van der Waals surface area contributed by atoms with Gasteiger partial charge in [-0.2, -0.15) is 0 Å². The summed E-state index contributed by atoms with van der Waals surface area (Å²) in [4.78, 5) is 12.4. The molecule has 0 radical (unpaired) electrons. The summed E-state index contributed by atoms with van der Waals surface area (Å²) in [5.41, 5.74) is 2.78. The molecule has 0 atom stereocenters. The first kappa shape index (κ1) is 21.0. The van der Waals surface area contributed by atoms with E-state index >= 15 is 0 Å². The van der Waals surface area contributed by atoms with Crippen molar-refractivity contribution in [1.82, 2.24) is 5.32 Å². The highest BCUT2D eigenvalue weighted by molar-refractivity contribution is 7.92. The first-order valence-electron chi connectivity index (χ1n) is 9.26. The fraction of sp³-hybridized carbons (Fsp3) is 0.381. The molecular formula is C21H28N2O3S. The third-order valence-corrected chi connectivity index (χ3v) is 5.59. The van der Waals surface area contributed by atoms with Crippen LogP contribution >= 0.6 is 0 Å². The van der Waals surface area contributed by atoms with Gasteiger partial charge in [-0.05, 0) is 69.0 Å². The Kier molecular flexibility index (Phi) is 7.02. The van der Waals surface area contributed by atoms with Crippen LogP contribution in [0.3, 0.4) is 0 Å². The summed E-state index contributed by atoms with van der Waals surface area (Å²) in [6.07, 6.45) is 3.21. The molecule has 146 valence electrons. The van der Waals surface area contributed by atoms with Gasteiger partial charge in [0.15, 0.2) is 0 Å². The van der Waals surface area contributed by atoms with E-state index in [4.69, 9.17) is 0 Å². The zero-order chi connectivity index (χ0) is 20.0. The SMILES string of the molecule is CCCCc1ccc(NS(=O)(=O)c2ccc(C)c(C(=O)NC(C)C)c2)cc1. The maximum atomic E-state index is 12.7. The molecule has 5 nitrogen and oxygen atoms in total. The van der Waals surface area contributed by atoms with Crippen molar-refractivity contribution in [2.24, 2.45) is 0 Å². The van der Waals surface area contributed by atoms with E-state index in [1.165, 1.54) is 17.7 Å². The molecule has 2 aromatic rings. The molecule has 0 heterocycles. The van der Waals surface area contributed by atoms with Crippen LogP contribution < -0.4 is 10.0 Å². The van der Waals surface area contributed by atoms with Crippen LogP contribution in [0.4, 0.5) is 5.69 Å². The molecule has 2 aromatic carbocycles. The van der Waals surface area contributed by atoms with E-state index in [1.807, 2.05) is 26.0 Å². The van der Waals surface area contributed by atoms with E-state index in [-0.39, 0.29) is 16.8 Å². The maximum Gasteiger partial charge on any atom is 0.261 e. The highest BCUT2D eigenvalue weighted by Crippen LogP contribution is 2.20. The predicted octanol–water partition coefficient (Wildman–Crippen LogP) is 4.28. The predicted molar refractivity (Wildman–Crippen MR) is 110 cm³/mol. The summed E-state index contributed by atoms with van der Waals surface area (Å²) >= 11 is 0. The fourth-order valence-corrected chi connectivity index (χ4v) is 3.77. The number of hydrogen-bond donors (Lipinski definition) is 2. The van der Waals surface area contributed by atoms with E-state index in [1.54, 1.807) is 25.1 Å². The zero-order valence-corrected chi connectivity index (χ0v) is 17.2. The molecule has 27 heavy (non-hydrogen) atoms. The molecular weight excluding hydrogens is 360 g/mol. The second kappa shape index (κ2) is 9.04. The number of aryl methyl sites for hydroxylation is 2. The average Bonchev–Trinajstić information content (AvgIpc) is 2.60. The van der Waals surface area contributed by atoms with Gasteiger partial charge < -0.3 is 5.32 Å². The van der Waals surface area contributed by atoms with Crippen molar-refractivity contribution in [2.45, 2.75) is 57.9 Å². The van der Waals surface area contributed by atoms with Gasteiger partial charge in [0.05, 0.1) is 4.90 Å². The molecule has 0 saturated heterocycles. The van der Waals surface area contributed by atoms with Crippen molar-refractivity contribution < 1.29 is 13.2 Å². The lowest BCUT2D eigenvalue weighted by Crippen LogP contribution is -2.30. The lowest BCUT2D eigenvalue weighted by atomic mass is 10.1. The molecule has 0 spiro atoms. The highest BCUT2D eigenvalue weighted by Gasteiger charge is 2.18. The molecule has 0 unspecified atom stereocenters. The molecule has 2 rings (SSSR count). The van der Waals surface area contributed by atoms with E-state index in [0.29, 0.717) is 11.3 Å². The number of nitrogens with one attached hydrogen (secondary N) is 2. The van der Waals surface area contributed by atoms with Gasteiger partial charge in [0, 0.05) is 17.3 Å². The Bertz CT molecular complexity index is 888. The number of anilines is 1. The molecule has 1 amide bonds. The third-order valence-electron chi connectivity index (χ3n) is 4.21. The Morgan fingerprint density at radius 2 is 1.74 bits per heavy atom. The van der Waals surface area contributed by atoms with Crippen LogP contribution in [0.15, 0.2) is 47.4 Å². The number of amides is 1. The normalized spacial score (nSPS) is 11.4. The van der Waals surface area contributed by atoms with Crippen molar-refractivity contribution in [3.05, 3.63) is 59.2 Å². The molecule has 6 heteroatoms. The highest BCUT2D eigenvalue weighted by atomic mass is 32.2. The molecule has 0 aliphatic heterocycles. The summed E-state index contributed by atoms with van der Waals surface area (Å²) < 4.78 is 28.0. The van der Waals surface area contributed by atoms with Crippen molar-refractivity contribution >= 4 is 21.6 Å². The number of hydrogen-bond acceptors (Lipinski definition) is 3. The van der Waals surface area contributed by atoms with Crippen molar-refractivity contribution in [3.63, 3.8) is 0 Å². The standard InChI is InChI=1S/C21H28N2O3S/c1-5-6-7-17-9-11-18(12-10-17)23-27(25,26)19-13-8-16(4)20(14-19)21(24)22-15(2)3/h8-15,23H,5-7H2,1-4H3,(H,22,24). The van der Waals surface area contributed by atoms with E-state index in [0.717, 1.165) is 24.8 Å². The molecule has 0 aliphatic rings. The van der Waals surface area contributed by atoms with Crippen LogP contribution in [0.5, 0.6) is 0 Å². The van der Waals surface area contributed by atoms with Gasteiger partial charge in [0.25, 0.3) is 15.9 Å². The fourth-order valence-electron chi connectivity index (χ4n) is 2.69. The first-order chi connectivity index (χ1) is 12.7. The minimum absolute atomic E-state index is 0.0264. The number of unbranched alkanes of at least 4 members (excludes halogenated alkanes) is 1. The van der Waals surface area contributed by atoms with Crippen molar-refractivity contribution in [3.8, 4) is 0 Å². The van der Waals surface area contributed by atoms with Gasteiger partial charge in [0.1, 0.15) is 0 Å². The molecule has 2 N–H and O–H groups in total. The molecule has 0 saturated carbocycles. The number of carbonyl (C=O) groups is 1. The van der Waals surface area contributed by atoms with Gasteiger partial charge in [-0.25, -0.2) is 8.42 Å². The van der Waals surface area contributed by atoms with Gasteiger partial charge in [-0.3, -0.25) is 9.52 Å². The monoisotopic (exact) mass is 388 g/mol. The number of benzene rings is 2. The number of carbonyl (C=O) groups excluding carboxylic acids is 1. The van der Waals surface area contributed by atoms with Crippen LogP contribution in [-0.2, 0) is 16.4 Å². The zero-order valence-electron chi connectivity index (χ0n) is 16.4. The van der Waals surface area contributed by atoms with Crippen LogP contribution in [0.2, 0.25) is 0 Å². The second-order valence-electron chi connectivity index (χ2n) is 7.01. The number of rotatable bonds is 8. The van der Waals surface area contributed by atoms with Gasteiger partial charge in [-0.15, -0.1) is 0 Å². The number of sulfonamides is 1. The van der Waals surface area contributed by atoms with Crippen molar-refractivity contribution in [1.29, 1.82) is 0 Å². The van der Waals surface area contributed by atoms with Crippen LogP contribution in [0, 0.1) is 6.92 Å². The van der Waals surface area contributed by atoms with Crippen molar-refractivity contribution in [2.75, 3.05) is 4.72 Å². The summed E-state index contributed by atoms with van der Waals surface area (Å²) in [7, 11) is -3.77. The van der Waals surface area contributed by atoms with E-state index in [2.05, 4.69) is 17.0 Å². The van der Waals surface area contributed by atoms with Crippen LogP contribution in [0.1, 0.15) is 55.1 Å². The Morgan fingerprint density at radius 1 is 1.07 bits per heavy atom. The quantitative estimate of drug-likeness (QED) is 0.709. The van der Waals surface area contributed by atoms with Crippen LogP contribution in [-0.4, -0.2) is 20.4 Å². The average molecular weight is 389 g/mol. The topological polar surface area (TPSA) is 75.3 Å². The minimum atomic E-state index is -3.77. The van der Waals surface area contributed by atoms with Gasteiger partial charge >= 0.3 is 0 Å². The van der Waals surface area contributed by atoms with Gasteiger partial charge in [-0.1, -0.05) is 31.5 Å². The summed E-state index contributed by atoms with van der Waals surface area (Å²) in [5.74, 6) is -0.278. The smallest absolute Gasteiger partial charge is 0.261 e.